The van der Waals surface area contributed by atoms with Crippen molar-refractivity contribution in [1.82, 2.24) is 5.32 Å². The van der Waals surface area contributed by atoms with Gasteiger partial charge in [0.05, 0.1) is 12.7 Å². The van der Waals surface area contributed by atoms with Crippen molar-refractivity contribution >= 4 is 11.8 Å². The van der Waals surface area contributed by atoms with Gasteiger partial charge in [0.25, 0.3) is 0 Å². The third-order valence-electron chi connectivity index (χ3n) is 5.13. The molecule has 0 bridgehead atoms. The highest BCUT2D eigenvalue weighted by molar-refractivity contribution is 5.96. The van der Waals surface area contributed by atoms with Gasteiger partial charge in [0.2, 0.25) is 0 Å². The number of carbonyl (C=O) groups is 1. The molecule has 0 saturated carbocycles. The van der Waals surface area contributed by atoms with E-state index in [1.807, 2.05) is 30.3 Å². The predicted octanol–water partition coefficient (Wildman–Crippen LogP) is 3.61. The molecule has 0 aromatic heterocycles. The number of hydrogen-bond donors (Lipinski definition) is 3. The summed E-state index contributed by atoms with van der Waals surface area (Å²) in [6.07, 6.45) is 0. The van der Waals surface area contributed by atoms with Crippen LogP contribution in [0.25, 0.3) is 11.1 Å². The van der Waals surface area contributed by atoms with Crippen molar-refractivity contribution in [2.45, 2.75) is 19.7 Å². The Morgan fingerprint density at radius 2 is 1.80 bits per heavy atom. The lowest BCUT2D eigenvalue weighted by atomic mass is 9.98. The summed E-state index contributed by atoms with van der Waals surface area (Å²) in [6.45, 7) is 2.05. The molecule has 1 heterocycles. The van der Waals surface area contributed by atoms with E-state index in [-0.39, 0.29) is 5.84 Å². The predicted molar refractivity (Wildman–Crippen MR) is 116 cm³/mol. The van der Waals surface area contributed by atoms with Crippen molar-refractivity contribution < 1.29 is 14.3 Å². The number of nitrogens with one attached hydrogen (secondary N) is 2. The summed E-state index contributed by atoms with van der Waals surface area (Å²) in [7, 11) is 1.36. The van der Waals surface area contributed by atoms with Gasteiger partial charge in [-0.15, -0.1) is 0 Å². The second kappa shape index (κ2) is 8.39. The van der Waals surface area contributed by atoms with Gasteiger partial charge in [-0.2, -0.15) is 0 Å². The Bertz CT molecular complexity index is 1120. The summed E-state index contributed by atoms with van der Waals surface area (Å²) >= 11 is 0. The molecule has 30 heavy (non-hydrogen) atoms. The molecule has 0 fully saturated rings. The summed E-state index contributed by atoms with van der Waals surface area (Å²) in [4.78, 5) is 12.2. The molecule has 0 unspecified atom stereocenters. The molecule has 3 aromatic rings. The first-order chi connectivity index (χ1) is 14.5. The van der Waals surface area contributed by atoms with Crippen LogP contribution in [0.15, 0.2) is 60.7 Å². The second-order valence-electron chi connectivity index (χ2n) is 7.23. The average molecular weight is 401 g/mol. The molecule has 1 aliphatic rings. The first kappa shape index (κ1) is 19.7. The monoisotopic (exact) mass is 401 g/mol. The topological polar surface area (TPSA) is 97.4 Å². The zero-order chi connectivity index (χ0) is 21.1. The van der Waals surface area contributed by atoms with Crippen molar-refractivity contribution in [3.8, 4) is 16.9 Å². The Morgan fingerprint density at radius 1 is 1.00 bits per heavy atom. The lowest BCUT2D eigenvalue weighted by molar-refractivity contribution is 0.0600. The zero-order valence-corrected chi connectivity index (χ0v) is 16.7. The summed E-state index contributed by atoms with van der Waals surface area (Å²) in [5, 5.41) is 11.0. The fraction of sp³-hybridized carbons (Fsp3) is 0.167. The van der Waals surface area contributed by atoms with Crippen LogP contribution >= 0.6 is 0 Å². The average Bonchev–Trinajstić information content (AvgIpc) is 3.25. The highest BCUT2D eigenvalue weighted by Crippen LogP contribution is 2.26. The van der Waals surface area contributed by atoms with Crippen LogP contribution in [0.5, 0.6) is 5.75 Å². The SMILES string of the molecule is COC(=O)c1cc(COc2ccc3c(c2)CNC3)cc(-c2cccc(C(=N)N)c2)c1. The molecule has 0 atom stereocenters. The van der Waals surface area contributed by atoms with Crippen LogP contribution in [0.4, 0.5) is 0 Å². The van der Waals surface area contributed by atoms with Crippen molar-refractivity contribution in [3.63, 3.8) is 0 Å². The number of rotatable bonds is 6. The Hall–Kier alpha value is -3.64. The van der Waals surface area contributed by atoms with E-state index < -0.39 is 5.97 Å². The Morgan fingerprint density at radius 3 is 2.60 bits per heavy atom. The molecular formula is C24H23N3O3. The highest BCUT2D eigenvalue weighted by Gasteiger charge is 2.13. The number of fused-ring (bicyclic) bond motifs is 1. The molecule has 4 rings (SSSR count). The molecule has 1 aliphatic heterocycles. The quantitative estimate of drug-likeness (QED) is 0.333. The van der Waals surface area contributed by atoms with Gasteiger partial charge in [0.15, 0.2) is 0 Å². The van der Waals surface area contributed by atoms with E-state index in [1.54, 1.807) is 18.2 Å². The maximum Gasteiger partial charge on any atom is 0.337 e. The van der Waals surface area contributed by atoms with E-state index in [9.17, 15) is 4.79 Å². The number of esters is 1. The number of ether oxygens (including phenoxy) is 2. The standard InChI is InChI=1S/C24H23N3O3/c1-29-24(28)20-8-15(14-30-22-6-5-18-12-27-13-21(18)11-22)7-19(10-20)16-3-2-4-17(9-16)23(25)26/h2-11,27H,12-14H2,1H3,(H3,25,26). The molecule has 152 valence electrons. The van der Waals surface area contributed by atoms with E-state index in [0.29, 0.717) is 17.7 Å². The van der Waals surface area contributed by atoms with E-state index in [2.05, 4.69) is 17.4 Å². The summed E-state index contributed by atoms with van der Waals surface area (Å²) in [5.41, 5.74) is 11.8. The number of nitrogens with two attached hydrogens (primary N) is 1. The minimum atomic E-state index is -0.413. The van der Waals surface area contributed by atoms with Gasteiger partial charge in [0, 0.05) is 18.7 Å². The second-order valence-corrected chi connectivity index (χ2v) is 7.23. The van der Waals surface area contributed by atoms with Gasteiger partial charge in [-0.3, -0.25) is 5.41 Å². The van der Waals surface area contributed by atoms with Crippen molar-refractivity contribution in [2.75, 3.05) is 7.11 Å². The van der Waals surface area contributed by atoms with Crippen LogP contribution in [0.3, 0.4) is 0 Å². The number of methoxy groups -OCH3 is 1. The normalized spacial score (nSPS) is 12.3. The molecule has 0 spiro atoms. The first-order valence-corrected chi connectivity index (χ1v) is 9.66. The fourth-order valence-corrected chi connectivity index (χ4v) is 3.57. The zero-order valence-electron chi connectivity index (χ0n) is 16.7. The van der Waals surface area contributed by atoms with E-state index in [1.165, 1.54) is 18.2 Å². The summed E-state index contributed by atoms with van der Waals surface area (Å²) in [6, 6.07) is 19.0. The molecule has 6 heteroatoms. The number of carbonyl (C=O) groups excluding carboxylic acids is 1. The molecule has 4 N–H and O–H groups in total. The smallest absolute Gasteiger partial charge is 0.337 e. The number of nitrogen functional groups attached to an aromatic ring is 1. The van der Waals surface area contributed by atoms with E-state index >= 15 is 0 Å². The number of amidine groups is 1. The van der Waals surface area contributed by atoms with Crippen LogP contribution in [0.2, 0.25) is 0 Å². The van der Waals surface area contributed by atoms with E-state index in [4.69, 9.17) is 20.6 Å². The third-order valence-corrected chi connectivity index (χ3v) is 5.13. The highest BCUT2D eigenvalue weighted by atomic mass is 16.5. The minimum absolute atomic E-state index is 0.00405. The summed E-state index contributed by atoms with van der Waals surface area (Å²) < 4.78 is 10.9. The van der Waals surface area contributed by atoms with Crippen LogP contribution in [-0.4, -0.2) is 18.9 Å². The van der Waals surface area contributed by atoms with Gasteiger partial charge in [0.1, 0.15) is 18.2 Å². The molecular weight excluding hydrogens is 378 g/mol. The lowest BCUT2D eigenvalue weighted by Crippen LogP contribution is -2.10. The molecule has 6 nitrogen and oxygen atoms in total. The Labute approximate surface area is 175 Å². The molecule has 3 aromatic carbocycles. The maximum atomic E-state index is 12.2. The number of hydrogen-bond acceptors (Lipinski definition) is 5. The Kier molecular flexibility index (Phi) is 5.50. The van der Waals surface area contributed by atoms with Crippen molar-refractivity contribution in [2.24, 2.45) is 5.73 Å². The number of benzene rings is 3. The first-order valence-electron chi connectivity index (χ1n) is 9.66. The van der Waals surface area contributed by atoms with Crippen LogP contribution in [0.1, 0.15) is 32.6 Å². The van der Waals surface area contributed by atoms with Gasteiger partial charge in [-0.25, -0.2) is 4.79 Å². The van der Waals surface area contributed by atoms with Gasteiger partial charge < -0.3 is 20.5 Å². The molecule has 0 amide bonds. The van der Waals surface area contributed by atoms with Crippen LogP contribution in [0, 0.1) is 5.41 Å². The summed E-state index contributed by atoms with van der Waals surface area (Å²) in [5.74, 6) is 0.376. The van der Waals surface area contributed by atoms with Gasteiger partial charge in [-0.05, 0) is 64.2 Å². The minimum Gasteiger partial charge on any atom is -0.489 e. The van der Waals surface area contributed by atoms with Crippen LogP contribution < -0.4 is 15.8 Å². The van der Waals surface area contributed by atoms with Gasteiger partial charge >= 0.3 is 5.97 Å². The Balaban J connectivity index is 1.64. The van der Waals surface area contributed by atoms with Crippen LogP contribution in [-0.2, 0) is 24.4 Å². The van der Waals surface area contributed by atoms with Crippen molar-refractivity contribution in [3.05, 3.63) is 88.5 Å². The van der Waals surface area contributed by atoms with Crippen molar-refractivity contribution in [1.29, 1.82) is 5.41 Å². The fourth-order valence-electron chi connectivity index (χ4n) is 3.57. The maximum absolute atomic E-state index is 12.2. The van der Waals surface area contributed by atoms with Gasteiger partial charge in [-0.1, -0.05) is 24.3 Å². The molecule has 0 aliphatic carbocycles. The molecule has 0 radical (unpaired) electrons. The third kappa shape index (κ3) is 4.18. The van der Waals surface area contributed by atoms with E-state index in [0.717, 1.165) is 35.5 Å². The lowest BCUT2D eigenvalue weighted by Gasteiger charge is -2.12. The molecule has 0 saturated heterocycles. The largest absolute Gasteiger partial charge is 0.489 e.